The van der Waals surface area contributed by atoms with E-state index in [1.54, 1.807) is 24.8 Å². The zero-order chi connectivity index (χ0) is 21.6. The van der Waals surface area contributed by atoms with Crippen molar-refractivity contribution in [1.82, 2.24) is 0 Å². The molecular weight excluding hydrogens is 392 g/mol. The van der Waals surface area contributed by atoms with Crippen molar-refractivity contribution in [1.29, 1.82) is 0 Å². The summed E-state index contributed by atoms with van der Waals surface area (Å²) in [7, 11) is 0. The van der Waals surface area contributed by atoms with Gasteiger partial charge in [-0.15, -0.1) is 11.8 Å². The number of carboxylic acid groups (broad SMARTS) is 1. The summed E-state index contributed by atoms with van der Waals surface area (Å²) in [4.78, 5) is 23.2. The van der Waals surface area contributed by atoms with Crippen LogP contribution in [0.5, 0.6) is 0 Å². The van der Waals surface area contributed by atoms with Crippen LogP contribution in [0.2, 0.25) is 0 Å². The summed E-state index contributed by atoms with van der Waals surface area (Å²) in [5, 5.41) is 29.4. The van der Waals surface area contributed by atoms with Crippen molar-refractivity contribution in [3.63, 3.8) is 0 Å². The summed E-state index contributed by atoms with van der Waals surface area (Å²) < 4.78 is 5.46. The van der Waals surface area contributed by atoms with Gasteiger partial charge >= 0.3 is 11.9 Å². The molecule has 1 aliphatic carbocycles. The molecule has 1 aliphatic rings. The molecule has 0 bridgehead atoms. The Morgan fingerprint density at radius 1 is 1.21 bits per heavy atom. The van der Waals surface area contributed by atoms with Crippen molar-refractivity contribution >= 4 is 23.7 Å². The van der Waals surface area contributed by atoms with E-state index in [1.165, 1.54) is 0 Å². The number of aliphatic hydroxyl groups is 2. The molecule has 166 valence electrons. The number of thioether (sulfide) groups is 1. The Bertz CT molecular complexity index is 572. The molecule has 0 aromatic carbocycles. The van der Waals surface area contributed by atoms with Crippen LogP contribution in [0.25, 0.3) is 0 Å². The van der Waals surface area contributed by atoms with Gasteiger partial charge in [0.05, 0.1) is 12.2 Å². The Hall–Kier alpha value is -1.31. The predicted molar refractivity (Wildman–Crippen MR) is 115 cm³/mol. The number of carbonyl (C=O) groups excluding carboxylic acids is 1. The Kier molecular flexibility index (Phi) is 13.0. The molecule has 3 atom stereocenters. The van der Waals surface area contributed by atoms with Crippen LogP contribution in [-0.4, -0.2) is 45.2 Å². The van der Waals surface area contributed by atoms with Gasteiger partial charge in [-0.1, -0.05) is 51.7 Å². The van der Waals surface area contributed by atoms with Gasteiger partial charge in [-0.2, -0.15) is 0 Å². The van der Waals surface area contributed by atoms with Crippen LogP contribution in [0.1, 0.15) is 78.1 Å². The van der Waals surface area contributed by atoms with Gasteiger partial charge in [0.15, 0.2) is 0 Å². The molecule has 6 nitrogen and oxygen atoms in total. The molecule has 29 heavy (non-hydrogen) atoms. The maximum absolute atomic E-state index is 11.8. The molecule has 0 aromatic rings. The predicted octanol–water partition coefficient (Wildman–Crippen LogP) is 4.41. The van der Waals surface area contributed by atoms with Crippen molar-refractivity contribution < 1.29 is 29.6 Å². The first-order valence-electron chi connectivity index (χ1n) is 10.7. The highest BCUT2D eigenvalue weighted by Gasteiger charge is 2.34. The fraction of sp³-hybridized carbons (Fsp3) is 0.727. The largest absolute Gasteiger partial charge is 0.481 e. The van der Waals surface area contributed by atoms with Crippen LogP contribution < -0.4 is 0 Å². The number of rotatable bonds is 15. The van der Waals surface area contributed by atoms with E-state index < -0.39 is 18.2 Å². The molecule has 0 spiro atoms. The average Bonchev–Trinajstić information content (AvgIpc) is 2.96. The van der Waals surface area contributed by atoms with Gasteiger partial charge in [0.25, 0.3) is 0 Å². The monoisotopic (exact) mass is 428 g/mol. The molecule has 0 saturated heterocycles. The number of hydrogen-bond donors (Lipinski definition) is 3. The molecule has 0 amide bonds. The molecule has 1 rings (SSSR count). The number of carbonyl (C=O) groups is 2. The molecule has 0 heterocycles. The Morgan fingerprint density at radius 2 is 1.97 bits per heavy atom. The minimum absolute atomic E-state index is 0.173. The number of carboxylic acids is 1. The lowest BCUT2D eigenvalue weighted by atomic mass is 10.0. The molecule has 0 fully saturated rings. The first-order valence-corrected chi connectivity index (χ1v) is 11.7. The number of ether oxygens (including phenoxy) is 1. The first kappa shape index (κ1) is 25.7. The highest BCUT2D eigenvalue weighted by atomic mass is 32.2. The molecule has 0 radical (unpaired) electrons. The topological polar surface area (TPSA) is 104 Å². The second-order valence-corrected chi connectivity index (χ2v) is 8.55. The van der Waals surface area contributed by atoms with E-state index in [0.29, 0.717) is 18.6 Å². The van der Waals surface area contributed by atoms with Gasteiger partial charge in [0.2, 0.25) is 0 Å². The van der Waals surface area contributed by atoms with E-state index in [-0.39, 0.29) is 31.1 Å². The maximum Gasteiger partial charge on any atom is 0.310 e. The third-order valence-corrected chi connectivity index (χ3v) is 6.15. The summed E-state index contributed by atoms with van der Waals surface area (Å²) in [5.41, 5.74) is 0. The van der Waals surface area contributed by atoms with Crippen LogP contribution in [-0.2, 0) is 14.3 Å². The summed E-state index contributed by atoms with van der Waals surface area (Å²) in [6, 6.07) is 0. The summed E-state index contributed by atoms with van der Waals surface area (Å²) in [6.45, 7) is 3.85. The van der Waals surface area contributed by atoms with Gasteiger partial charge in [0.1, 0.15) is 5.76 Å². The summed E-state index contributed by atoms with van der Waals surface area (Å²) in [6.07, 6.45) is 9.22. The van der Waals surface area contributed by atoms with Gasteiger partial charge in [-0.25, -0.2) is 0 Å². The van der Waals surface area contributed by atoms with Crippen molar-refractivity contribution in [3.05, 3.63) is 22.8 Å². The third kappa shape index (κ3) is 10.3. The van der Waals surface area contributed by atoms with Gasteiger partial charge in [-0.3, -0.25) is 9.59 Å². The Balaban J connectivity index is 2.71. The minimum Gasteiger partial charge on any atom is -0.481 e. The number of hydrogen-bond acceptors (Lipinski definition) is 6. The van der Waals surface area contributed by atoms with Crippen molar-refractivity contribution in [2.75, 3.05) is 5.75 Å². The van der Waals surface area contributed by atoms with Crippen LogP contribution >= 0.6 is 11.8 Å². The SMILES string of the molecule is CCCCC[C@H](O)/C=C/[C@@H]1C(SCCCCCC(=O)O)=C(OC(=O)CC)C[C@H]1O. The van der Waals surface area contributed by atoms with Gasteiger partial charge in [0, 0.05) is 30.1 Å². The maximum atomic E-state index is 11.8. The van der Waals surface area contributed by atoms with E-state index >= 15 is 0 Å². The van der Waals surface area contributed by atoms with Gasteiger partial charge in [-0.05, 0) is 25.0 Å². The van der Waals surface area contributed by atoms with Crippen LogP contribution in [0.3, 0.4) is 0 Å². The van der Waals surface area contributed by atoms with E-state index in [0.717, 1.165) is 42.8 Å². The quantitative estimate of drug-likeness (QED) is 0.202. The highest BCUT2D eigenvalue weighted by molar-refractivity contribution is 8.03. The second-order valence-electron chi connectivity index (χ2n) is 7.41. The van der Waals surface area contributed by atoms with Crippen LogP contribution in [0, 0.1) is 5.92 Å². The number of aliphatic carboxylic acids is 1. The Labute approximate surface area is 178 Å². The summed E-state index contributed by atoms with van der Waals surface area (Å²) in [5.74, 6) is -0.112. The zero-order valence-electron chi connectivity index (χ0n) is 17.6. The molecule has 7 heteroatoms. The minimum atomic E-state index is -0.782. The van der Waals surface area contributed by atoms with Crippen molar-refractivity contribution in [2.45, 2.75) is 90.3 Å². The van der Waals surface area contributed by atoms with E-state index in [9.17, 15) is 19.8 Å². The fourth-order valence-electron chi connectivity index (χ4n) is 3.16. The third-order valence-electron chi connectivity index (χ3n) is 4.85. The average molecular weight is 429 g/mol. The zero-order valence-corrected chi connectivity index (χ0v) is 18.5. The second kappa shape index (κ2) is 14.6. The molecule has 0 aromatic heterocycles. The van der Waals surface area contributed by atoms with E-state index in [1.807, 2.05) is 6.08 Å². The van der Waals surface area contributed by atoms with Crippen molar-refractivity contribution in [3.8, 4) is 0 Å². The first-order chi connectivity index (χ1) is 13.9. The normalized spacial score (nSPS) is 20.4. The summed E-state index contributed by atoms with van der Waals surface area (Å²) >= 11 is 1.55. The lowest BCUT2D eigenvalue weighted by molar-refractivity contribution is -0.139. The standard InChI is InChI=1S/C22H36O6S/c1-3-5-7-10-16(23)12-13-17-18(24)15-19(28-21(27)4-2)22(17)29-14-9-6-8-11-20(25)26/h12-13,16-18,23-24H,3-11,14-15H2,1-2H3,(H,25,26)/b13-12+/t16-,17-,18+/m0/s1. The highest BCUT2D eigenvalue weighted by Crippen LogP contribution is 2.41. The van der Waals surface area contributed by atoms with Gasteiger partial charge < -0.3 is 20.1 Å². The fourth-order valence-corrected chi connectivity index (χ4v) is 4.44. The lowest BCUT2D eigenvalue weighted by Gasteiger charge is -2.15. The molecule has 0 aliphatic heterocycles. The number of unbranched alkanes of at least 4 members (excludes halogenated alkanes) is 4. The lowest BCUT2D eigenvalue weighted by Crippen LogP contribution is -2.14. The molecule has 0 unspecified atom stereocenters. The molecule has 0 saturated carbocycles. The van der Waals surface area contributed by atoms with E-state index in [4.69, 9.17) is 9.84 Å². The number of esters is 1. The van der Waals surface area contributed by atoms with Crippen molar-refractivity contribution in [2.24, 2.45) is 5.92 Å². The van der Waals surface area contributed by atoms with E-state index in [2.05, 4.69) is 6.92 Å². The number of aliphatic hydroxyl groups excluding tert-OH is 2. The Morgan fingerprint density at radius 3 is 2.62 bits per heavy atom. The molecular formula is C22H36O6S. The smallest absolute Gasteiger partial charge is 0.310 e. The van der Waals surface area contributed by atoms with Crippen LogP contribution in [0.4, 0.5) is 0 Å². The van der Waals surface area contributed by atoms with Crippen LogP contribution in [0.15, 0.2) is 22.8 Å². The molecule has 3 N–H and O–H groups in total.